The van der Waals surface area contributed by atoms with Gasteiger partial charge in [-0.3, -0.25) is 0 Å². The van der Waals surface area contributed by atoms with Crippen molar-refractivity contribution in [1.82, 2.24) is 9.29 Å². The Bertz CT molecular complexity index is 991. The van der Waals surface area contributed by atoms with Crippen molar-refractivity contribution in [2.75, 3.05) is 13.1 Å². The second kappa shape index (κ2) is 5.76. The summed E-state index contributed by atoms with van der Waals surface area (Å²) in [4.78, 5) is 3.71. The largest absolute Gasteiger partial charge is 0.361 e. The first-order valence-electron chi connectivity index (χ1n) is 8.19. The van der Waals surface area contributed by atoms with Crippen LogP contribution in [0, 0.1) is 6.92 Å². The van der Waals surface area contributed by atoms with E-state index in [0.717, 1.165) is 17.5 Å². The summed E-state index contributed by atoms with van der Waals surface area (Å²) in [5, 5.41) is 1.19. The van der Waals surface area contributed by atoms with Crippen LogP contribution in [0.5, 0.6) is 0 Å². The van der Waals surface area contributed by atoms with Gasteiger partial charge in [0.2, 0.25) is 10.0 Å². The van der Waals surface area contributed by atoms with Gasteiger partial charge in [0.1, 0.15) is 0 Å². The van der Waals surface area contributed by atoms with Crippen LogP contribution in [0.4, 0.5) is 0 Å². The standard InChI is InChI=1S/C19H20N2O2S/c1-14-6-2-5-9-19(14)24(22,23)21-11-10-15(13-21)17-12-20-18-8-4-3-7-16(17)18/h2-9,12,15,20H,10-11,13H2,1H3. The van der Waals surface area contributed by atoms with Gasteiger partial charge < -0.3 is 4.98 Å². The zero-order valence-corrected chi connectivity index (χ0v) is 14.4. The Morgan fingerprint density at radius 3 is 2.67 bits per heavy atom. The molecule has 1 saturated heterocycles. The molecule has 0 spiro atoms. The monoisotopic (exact) mass is 340 g/mol. The Labute approximate surface area is 142 Å². The van der Waals surface area contributed by atoms with Gasteiger partial charge in [-0.05, 0) is 36.6 Å². The number of para-hydroxylation sites is 1. The number of sulfonamides is 1. The molecule has 1 N–H and O–H groups in total. The number of rotatable bonds is 3. The maximum absolute atomic E-state index is 13.0. The second-order valence-corrected chi connectivity index (χ2v) is 8.31. The molecule has 4 rings (SSSR count). The molecule has 0 bridgehead atoms. The van der Waals surface area contributed by atoms with E-state index >= 15 is 0 Å². The van der Waals surface area contributed by atoms with Gasteiger partial charge >= 0.3 is 0 Å². The normalized spacial score (nSPS) is 19.1. The number of aromatic amines is 1. The minimum absolute atomic E-state index is 0.236. The van der Waals surface area contributed by atoms with E-state index in [1.54, 1.807) is 16.4 Å². The number of hydrogen-bond donors (Lipinski definition) is 1. The molecule has 1 atom stereocenters. The van der Waals surface area contributed by atoms with E-state index in [1.807, 2.05) is 37.4 Å². The molecule has 2 aromatic carbocycles. The Morgan fingerprint density at radius 2 is 1.83 bits per heavy atom. The molecular weight excluding hydrogens is 320 g/mol. The minimum atomic E-state index is -3.42. The molecular formula is C19H20N2O2S. The Hall–Kier alpha value is -2.11. The van der Waals surface area contributed by atoms with Crippen molar-refractivity contribution < 1.29 is 8.42 Å². The van der Waals surface area contributed by atoms with Crippen molar-refractivity contribution >= 4 is 20.9 Å². The van der Waals surface area contributed by atoms with Crippen LogP contribution in [0.2, 0.25) is 0 Å². The van der Waals surface area contributed by atoms with E-state index in [1.165, 1.54) is 10.9 Å². The van der Waals surface area contributed by atoms with Gasteiger partial charge in [0.25, 0.3) is 0 Å². The zero-order valence-electron chi connectivity index (χ0n) is 13.6. The third-order valence-corrected chi connectivity index (χ3v) is 6.95. The fourth-order valence-electron chi connectivity index (χ4n) is 3.62. The van der Waals surface area contributed by atoms with Crippen molar-refractivity contribution in [2.24, 2.45) is 0 Å². The molecule has 1 unspecified atom stereocenters. The van der Waals surface area contributed by atoms with Crippen molar-refractivity contribution in [3.8, 4) is 0 Å². The predicted molar refractivity (Wildman–Crippen MR) is 95.6 cm³/mol. The molecule has 2 heterocycles. The van der Waals surface area contributed by atoms with Crippen LogP contribution in [0.3, 0.4) is 0 Å². The number of nitrogens with one attached hydrogen (secondary N) is 1. The van der Waals surface area contributed by atoms with Gasteiger partial charge in [0.15, 0.2) is 0 Å². The molecule has 5 heteroatoms. The van der Waals surface area contributed by atoms with E-state index in [2.05, 4.69) is 17.1 Å². The SMILES string of the molecule is Cc1ccccc1S(=O)(=O)N1CCC(c2c[nH]c3ccccc23)C1. The quantitative estimate of drug-likeness (QED) is 0.791. The summed E-state index contributed by atoms with van der Waals surface area (Å²) in [6.07, 6.45) is 2.88. The third-order valence-electron chi connectivity index (χ3n) is 4.92. The first-order valence-corrected chi connectivity index (χ1v) is 9.63. The van der Waals surface area contributed by atoms with Crippen LogP contribution >= 0.6 is 0 Å². The molecule has 1 fully saturated rings. The first-order chi connectivity index (χ1) is 11.6. The minimum Gasteiger partial charge on any atom is -0.361 e. The molecule has 1 aromatic heterocycles. The number of benzene rings is 2. The summed E-state index contributed by atoms with van der Waals surface area (Å²) < 4.78 is 27.5. The fourth-order valence-corrected chi connectivity index (χ4v) is 5.34. The van der Waals surface area contributed by atoms with Gasteiger partial charge in [0, 0.05) is 36.1 Å². The Kier molecular flexibility index (Phi) is 3.70. The molecule has 1 aliphatic heterocycles. The van der Waals surface area contributed by atoms with Gasteiger partial charge in [0.05, 0.1) is 4.90 Å². The lowest BCUT2D eigenvalue weighted by molar-refractivity contribution is 0.472. The summed E-state index contributed by atoms with van der Waals surface area (Å²) in [6, 6.07) is 15.4. The van der Waals surface area contributed by atoms with Crippen LogP contribution in [0.1, 0.15) is 23.5 Å². The molecule has 0 amide bonds. The third kappa shape index (κ3) is 2.44. The molecule has 0 saturated carbocycles. The average Bonchev–Trinajstić information content (AvgIpc) is 3.22. The number of fused-ring (bicyclic) bond motifs is 1. The van der Waals surface area contributed by atoms with Crippen molar-refractivity contribution in [3.63, 3.8) is 0 Å². The highest BCUT2D eigenvalue weighted by molar-refractivity contribution is 7.89. The number of H-pyrrole nitrogens is 1. The first kappa shape index (κ1) is 15.4. The fraction of sp³-hybridized carbons (Fsp3) is 0.263. The van der Waals surface area contributed by atoms with Crippen molar-refractivity contribution in [2.45, 2.75) is 24.2 Å². The summed E-state index contributed by atoms with van der Waals surface area (Å²) in [5.74, 6) is 0.236. The number of nitrogens with zero attached hydrogens (tertiary/aromatic N) is 1. The molecule has 0 aliphatic carbocycles. The topological polar surface area (TPSA) is 53.2 Å². The van der Waals surface area contributed by atoms with Gasteiger partial charge in [-0.25, -0.2) is 8.42 Å². The summed E-state index contributed by atoms with van der Waals surface area (Å²) in [6.45, 7) is 2.96. The summed E-state index contributed by atoms with van der Waals surface area (Å²) in [5.41, 5.74) is 3.12. The summed E-state index contributed by atoms with van der Waals surface area (Å²) in [7, 11) is -3.42. The number of aromatic nitrogens is 1. The molecule has 24 heavy (non-hydrogen) atoms. The van der Waals surface area contributed by atoms with E-state index in [9.17, 15) is 8.42 Å². The molecule has 4 nitrogen and oxygen atoms in total. The number of aryl methyl sites for hydroxylation is 1. The predicted octanol–water partition coefficient (Wildman–Crippen LogP) is 3.65. The maximum atomic E-state index is 13.0. The highest BCUT2D eigenvalue weighted by Gasteiger charge is 2.34. The van der Waals surface area contributed by atoms with E-state index in [0.29, 0.717) is 18.0 Å². The van der Waals surface area contributed by atoms with Gasteiger partial charge in [-0.2, -0.15) is 4.31 Å². The lowest BCUT2D eigenvalue weighted by Crippen LogP contribution is -2.29. The van der Waals surface area contributed by atoms with Crippen LogP contribution in [-0.4, -0.2) is 30.8 Å². The van der Waals surface area contributed by atoms with E-state index < -0.39 is 10.0 Å². The highest BCUT2D eigenvalue weighted by Crippen LogP contribution is 2.35. The Morgan fingerprint density at radius 1 is 1.08 bits per heavy atom. The van der Waals surface area contributed by atoms with Crippen molar-refractivity contribution in [1.29, 1.82) is 0 Å². The maximum Gasteiger partial charge on any atom is 0.243 e. The highest BCUT2D eigenvalue weighted by atomic mass is 32.2. The summed E-state index contributed by atoms with van der Waals surface area (Å²) >= 11 is 0. The molecule has 3 aromatic rings. The van der Waals surface area contributed by atoms with Gasteiger partial charge in [-0.15, -0.1) is 0 Å². The molecule has 124 valence electrons. The lowest BCUT2D eigenvalue weighted by atomic mass is 9.98. The zero-order chi connectivity index (χ0) is 16.7. The van der Waals surface area contributed by atoms with Crippen molar-refractivity contribution in [3.05, 3.63) is 65.9 Å². The van der Waals surface area contributed by atoms with Crippen LogP contribution in [0.15, 0.2) is 59.6 Å². The van der Waals surface area contributed by atoms with Crippen LogP contribution in [-0.2, 0) is 10.0 Å². The van der Waals surface area contributed by atoms with E-state index in [4.69, 9.17) is 0 Å². The van der Waals surface area contributed by atoms with Crippen LogP contribution < -0.4 is 0 Å². The van der Waals surface area contributed by atoms with E-state index in [-0.39, 0.29) is 5.92 Å². The Balaban J connectivity index is 1.64. The second-order valence-electron chi connectivity index (χ2n) is 6.40. The average molecular weight is 340 g/mol. The van der Waals surface area contributed by atoms with Crippen LogP contribution in [0.25, 0.3) is 10.9 Å². The number of hydrogen-bond acceptors (Lipinski definition) is 2. The lowest BCUT2D eigenvalue weighted by Gasteiger charge is -2.18. The smallest absolute Gasteiger partial charge is 0.243 e. The molecule has 1 aliphatic rings. The molecule has 0 radical (unpaired) electrons. The van der Waals surface area contributed by atoms with Gasteiger partial charge in [-0.1, -0.05) is 36.4 Å².